The Morgan fingerprint density at radius 3 is 1.96 bits per heavy atom. The summed E-state index contributed by atoms with van der Waals surface area (Å²) in [6.45, 7) is 0. The fourth-order valence-corrected chi connectivity index (χ4v) is 8.35. The minimum atomic E-state index is 0.640. The van der Waals surface area contributed by atoms with Crippen molar-refractivity contribution in [3.63, 3.8) is 0 Å². The number of furan rings is 2. The highest BCUT2D eigenvalue weighted by Gasteiger charge is 2.22. The summed E-state index contributed by atoms with van der Waals surface area (Å²) in [6, 6.07) is 57.3. The van der Waals surface area contributed by atoms with Gasteiger partial charge in [-0.15, -0.1) is 0 Å². The normalized spacial score (nSPS) is 12.2. The number of aromatic nitrogens is 3. The van der Waals surface area contributed by atoms with Crippen LogP contribution < -0.4 is 0 Å². The molecule has 0 aliphatic carbocycles. The van der Waals surface area contributed by atoms with Crippen molar-refractivity contribution >= 4 is 87.4 Å². The van der Waals surface area contributed by atoms with Gasteiger partial charge in [0, 0.05) is 49.1 Å². The van der Waals surface area contributed by atoms with E-state index in [9.17, 15) is 0 Å². The van der Waals surface area contributed by atoms with Crippen LogP contribution in [0.4, 0.5) is 0 Å². The summed E-state index contributed by atoms with van der Waals surface area (Å²) in [5.74, 6) is 0.640. The van der Waals surface area contributed by atoms with Gasteiger partial charge in [-0.1, -0.05) is 109 Å². The van der Waals surface area contributed by atoms with Gasteiger partial charge in [0.2, 0.25) is 0 Å². The molecule has 12 aromatic rings. The van der Waals surface area contributed by atoms with Crippen molar-refractivity contribution in [2.45, 2.75) is 0 Å². The maximum atomic E-state index is 6.71. The van der Waals surface area contributed by atoms with Crippen LogP contribution in [0.1, 0.15) is 0 Å². The zero-order chi connectivity index (χ0) is 34.6. The topological polar surface area (TPSA) is 57.0 Å². The molecule has 5 heteroatoms. The van der Waals surface area contributed by atoms with Crippen LogP contribution in [0.5, 0.6) is 0 Å². The van der Waals surface area contributed by atoms with E-state index >= 15 is 0 Å². The van der Waals surface area contributed by atoms with E-state index in [1.165, 1.54) is 32.6 Å². The molecule has 0 spiro atoms. The van der Waals surface area contributed by atoms with Crippen LogP contribution in [0.25, 0.3) is 116 Å². The van der Waals surface area contributed by atoms with Crippen molar-refractivity contribution < 1.29 is 8.83 Å². The Bertz CT molecular complexity index is 3460. The monoisotopic (exact) mass is 677 g/mol. The molecule has 5 nitrogen and oxygen atoms in total. The average molecular weight is 678 g/mol. The molecular weight excluding hydrogens is 651 g/mol. The maximum absolute atomic E-state index is 6.71. The van der Waals surface area contributed by atoms with Gasteiger partial charge in [-0.25, -0.2) is 9.97 Å². The lowest BCUT2D eigenvalue weighted by atomic mass is 9.99. The third-order valence-corrected chi connectivity index (χ3v) is 10.8. The van der Waals surface area contributed by atoms with Gasteiger partial charge in [-0.2, -0.15) is 0 Å². The SMILES string of the molecule is c1ccc(-c2nc(-c3cc4c5cc(-n6c7ccccc7c7cc8ccccc8cc76)ccc5oc4c4ccccc34)nc3c2oc2ccccc23)cc1. The van der Waals surface area contributed by atoms with Crippen LogP contribution in [0.3, 0.4) is 0 Å². The minimum Gasteiger partial charge on any atom is -0.455 e. The summed E-state index contributed by atoms with van der Waals surface area (Å²) in [7, 11) is 0. The fraction of sp³-hybridized carbons (Fsp3) is 0. The van der Waals surface area contributed by atoms with Crippen LogP contribution in [0.2, 0.25) is 0 Å². The molecule has 12 rings (SSSR count). The van der Waals surface area contributed by atoms with Crippen LogP contribution in [-0.4, -0.2) is 14.5 Å². The van der Waals surface area contributed by atoms with E-state index in [1.54, 1.807) is 0 Å². The molecule has 0 unspecified atom stereocenters. The van der Waals surface area contributed by atoms with E-state index in [2.05, 4.69) is 132 Å². The highest BCUT2D eigenvalue weighted by atomic mass is 16.3. The van der Waals surface area contributed by atoms with Gasteiger partial charge < -0.3 is 13.4 Å². The third kappa shape index (κ3) is 4.07. The van der Waals surface area contributed by atoms with Gasteiger partial charge in [0.25, 0.3) is 0 Å². The van der Waals surface area contributed by atoms with Gasteiger partial charge in [-0.05, 0) is 70.8 Å². The smallest absolute Gasteiger partial charge is 0.180 e. The molecule has 4 heterocycles. The molecule has 0 aliphatic rings. The Morgan fingerprint density at radius 2 is 1.09 bits per heavy atom. The highest BCUT2D eigenvalue weighted by Crippen LogP contribution is 2.43. The first kappa shape index (κ1) is 28.5. The van der Waals surface area contributed by atoms with Crippen molar-refractivity contribution in [2.24, 2.45) is 0 Å². The Hall–Kier alpha value is -7.24. The molecule has 0 N–H and O–H groups in total. The lowest BCUT2D eigenvalue weighted by Gasteiger charge is -2.10. The number of nitrogens with zero attached hydrogens (tertiary/aromatic N) is 3. The highest BCUT2D eigenvalue weighted by molar-refractivity contribution is 6.20. The first-order chi connectivity index (χ1) is 26.3. The van der Waals surface area contributed by atoms with Crippen molar-refractivity contribution in [2.75, 3.05) is 0 Å². The summed E-state index contributed by atoms with van der Waals surface area (Å²) >= 11 is 0. The van der Waals surface area contributed by atoms with Gasteiger partial charge in [-0.3, -0.25) is 0 Å². The van der Waals surface area contributed by atoms with E-state index in [4.69, 9.17) is 18.8 Å². The Morgan fingerprint density at radius 1 is 0.415 bits per heavy atom. The Labute approximate surface area is 302 Å². The molecule has 53 heavy (non-hydrogen) atoms. The molecule has 0 amide bonds. The van der Waals surface area contributed by atoms with Crippen molar-refractivity contribution in [3.05, 3.63) is 164 Å². The maximum Gasteiger partial charge on any atom is 0.180 e. The first-order valence-corrected chi connectivity index (χ1v) is 17.8. The lowest BCUT2D eigenvalue weighted by Crippen LogP contribution is -1.95. The number of fused-ring (bicyclic) bond motifs is 12. The molecule has 0 fully saturated rings. The predicted molar refractivity (Wildman–Crippen MR) is 217 cm³/mol. The number of hydrogen-bond donors (Lipinski definition) is 0. The molecule has 0 radical (unpaired) electrons. The van der Waals surface area contributed by atoms with E-state index < -0.39 is 0 Å². The van der Waals surface area contributed by atoms with Gasteiger partial charge in [0.15, 0.2) is 11.4 Å². The van der Waals surface area contributed by atoms with Crippen molar-refractivity contribution in [1.82, 2.24) is 14.5 Å². The average Bonchev–Trinajstić information content (AvgIpc) is 3.89. The second kappa shape index (κ2) is 10.6. The standard InChI is InChI=1S/C48H27N3O2/c1-2-12-28(13-3-1)44-47-45(35-19-9-11-21-42(35)53-47)50-48(49-44)39-27-38-37-26-31(22-23-43(37)52-46(38)34-18-7-6-16-32(34)39)51-40-20-10-8-17-33(40)36-24-29-14-4-5-15-30(29)25-41(36)51/h1-27H. The molecule has 0 aliphatic heterocycles. The summed E-state index contributed by atoms with van der Waals surface area (Å²) in [4.78, 5) is 10.5. The largest absolute Gasteiger partial charge is 0.455 e. The number of para-hydroxylation sites is 2. The number of hydrogen-bond acceptors (Lipinski definition) is 4. The van der Waals surface area contributed by atoms with Crippen LogP contribution in [0.15, 0.2) is 173 Å². The summed E-state index contributed by atoms with van der Waals surface area (Å²) in [5.41, 5.74) is 10.0. The van der Waals surface area contributed by atoms with Crippen molar-refractivity contribution in [1.29, 1.82) is 0 Å². The zero-order valence-corrected chi connectivity index (χ0v) is 28.2. The zero-order valence-electron chi connectivity index (χ0n) is 28.2. The van der Waals surface area contributed by atoms with E-state index in [1.807, 2.05) is 36.4 Å². The molecule has 0 bridgehead atoms. The third-order valence-electron chi connectivity index (χ3n) is 10.8. The van der Waals surface area contributed by atoms with Gasteiger partial charge in [0.05, 0.1) is 11.0 Å². The summed E-state index contributed by atoms with van der Waals surface area (Å²) < 4.78 is 15.5. The molecule has 4 aromatic heterocycles. The van der Waals surface area contributed by atoms with Crippen LogP contribution >= 0.6 is 0 Å². The molecule has 246 valence electrons. The Balaban J connectivity index is 1.15. The lowest BCUT2D eigenvalue weighted by molar-refractivity contribution is 0.667. The number of rotatable bonds is 3. The van der Waals surface area contributed by atoms with Crippen LogP contribution in [0, 0.1) is 0 Å². The van der Waals surface area contributed by atoms with Crippen molar-refractivity contribution in [3.8, 4) is 28.3 Å². The van der Waals surface area contributed by atoms with E-state index in [0.717, 1.165) is 71.7 Å². The van der Waals surface area contributed by atoms with E-state index in [0.29, 0.717) is 11.4 Å². The fourth-order valence-electron chi connectivity index (χ4n) is 8.35. The molecule has 0 atom stereocenters. The second-order valence-corrected chi connectivity index (χ2v) is 13.7. The molecule has 0 saturated carbocycles. The van der Waals surface area contributed by atoms with E-state index in [-0.39, 0.29) is 0 Å². The quantitative estimate of drug-likeness (QED) is 0.187. The second-order valence-electron chi connectivity index (χ2n) is 13.7. The summed E-state index contributed by atoms with van der Waals surface area (Å²) in [6.07, 6.45) is 0. The Kier molecular flexibility index (Phi) is 5.71. The predicted octanol–water partition coefficient (Wildman–Crippen LogP) is 13.0. The minimum absolute atomic E-state index is 0.640. The summed E-state index contributed by atoms with van der Waals surface area (Å²) in [5, 5.41) is 9.97. The molecule has 0 saturated heterocycles. The number of benzene rings is 8. The van der Waals surface area contributed by atoms with Gasteiger partial charge >= 0.3 is 0 Å². The van der Waals surface area contributed by atoms with Gasteiger partial charge in [0.1, 0.15) is 28.0 Å². The first-order valence-electron chi connectivity index (χ1n) is 17.8. The molecule has 8 aromatic carbocycles. The van der Waals surface area contributed by atoms with Crippen LogP contribution in [-0.2, 0) is 0 Å². The molecular formula is C48H27N3O2.